The lowest BCUT2D eigenvalue weighted by atomic mass is 9.92. The maximum atomic E-state index is 13.5. The molecule has 1 unspecified atom stereocenters. The van der Waals surface area contributed by atoms with E-state index in [2.05, 4.69) is 12.1 Å². The molecule has 1 aliphatic rings. The second kappa shape index (κ2) is 9.10. The summed E-state index contributed by atoms with van der Waals surface area (Å²) in [5.41, 5.74) is 2.29. The van der Waals surface area contributed by atoms with E-state index >= 15 is 0 Å². The molecule has 0 fully saturated rings. The van der Waals surface area contributed by atoms with E-state index in [0.717, 1.165) is 20.3 Å². The molecular weight excluding hydrogens is 392 g/mol. The fourth-order valence-corrected chi connectivity index (χ4v) is 4.76. The third-order valence-electron chi connectivity index (χ3n) is 5.11. The second-order valence-electron chi connectivity index (χ2n) is 7.67. The Balaban J connectivity index is 1.85. The first-order valence-electron chi connectivity index (χ1n) is 9.78. The molecule has 0 saturated heterocycles. The van der Waals surface area contributed by atoms with Crippen molar-refractivity contribution in [1.29, 1.82) is 0 Å². The molecule has 1 aliphatic heterocycles. The summed E-state index contributed by atoms with van der Waals surface area (Å²) in [7, 11) is 0. The first-order valence-corrected chi connectivity index (χ1v) is 11.0. The van der Waals surface area contributed by atoms with Gasteiger partial charge in [0.15, 0.2) is 0 Å². The summed E-state index contributed by atoms with van der Waals surface area (Å²) in [6.45, 7) is 7.66. The minimum absolute atomic E-state index is 0.0126. The Labute approximate surface area is 176 Å². The fourth-order valence-electron chi connectivity index (χ4n) is 3.65. The minimum Gasteiger partial charge on any atom is -0.336 e. The van der Waals surface area contributed by atoms with Gasteiger partial charge in [0.2, 0.25) is 11.8 Å². The third-order valence-corrected chi connectivity index (χ3v) is 6.32. The molecule has 0 radical (unpaired) electrons. The van der Waals surface area contributed by atoms with Crippen molar-refractivity contribution in [2.75, 3.05) is 6.54 Å². The highest BCUT2D eigenvalue weighted by molar-refractivity contribution is 7.16. The number of thiophene rings is 1. The van der Waals surface area contributed by atoms with Crippen molar-refractivity contribution in [1.82, 2.24) is 9.80 Å². The lowest BCUT2D eigenvalue weighted by molar-refractivity contribution is -0.147. The zero-order chi connectivity index (χ0) is 20.3. The van der Waals surface area contributed by atoms with Crippen LogP contribution in [-0.4, -0.2) is 34.2 Å². The molecule has 0 N–H and O–H groups in total. The molecule has 1 atom stereocenters. The van der Waals surface area contributed by atoms with E-state index in [-0.39, 0.29) is 17.7 Å². The summed E-state index contributed by atoms with van der Waals surface area (Å²) in [4.78, 5) is 31.1. The zero-order valence-electron chi connectivity index (χ0n) is 16.7. The molecule has 6 heteroatoms. The number of likely N-dealkylation sites (N-methyl/N-ethyl adjacent to an activating group) is 1. The summed E-state index contributed by atoms with van der Waals surface area (Å²) in [6, 6.07) is 11.5. The van der Waals surface area contributed by atoms with E-state index in [0.29, 0.717) is 32.5 Å². The average Bonchev–Trinajstić information content (AvgIpc) is 3.08. The van der Waals surface area contributed by atoms with Crippen molar-refractivity contribution in [3.05, 3.63) is 56.7 Å². The summed E-state index contributed by atoms with van der Waals surface area (Å²) in [6.07, 6.45) is 1.03. The third kappa shape index (κ3) is 4.76. The van der Waals surface area contributed by atoms with Gasteiger partial charge in [0.05, 0.1) is 10.9 Å². The van der Waals surface area contributed by atoms with Crippen molar-refractivity contribution in [3.63, 3.8) is 0 Å². The number of nitrogens with zero attached hydrogens (tertiary/aromatic N) is 2. The Bertz CT molecular complexity index is 849. The fraction of sp³-hybridized carbons (Fsp3) is 0.455. The van der Waals surface area contributed by atoms with Gasteiger partial charge in [0, 0.05) is 30.8 Å². The van der Waals surface area contributed by atoms with Gasteiger partial charge >= 0.3 is 0 Å². The molecule has 2 amide bonds. The van der Waals surface area contributed by atoms with Crippen LogP contribution in [0.5, 0.6) is 0 Å². The van der Waals surface area contributed by atoms with E-state index in [1.54, 1.807) is 4.90 Å². The van der Waals surface area contributed by atoms with Crippen LogP contribution in [0.4, 0.5) is 0 Å². The number of halogens is 1. The molecule has 1 aromatic carbocycles. The maximum absolute atomic E-state index is 13.5. The van der Waals surface area contributed by atoms with Crippen LogP contribution in [0.2, 0.25) is 4.34 Å². The molecule has 4 nitrogen and oxygen atoms in total. The van der Waals surface area contributed by atoms with E-state index in [9.17, 15) is 9.59 Å². The topological polar surface area (TPSA) is 40.6 Å². The Hall–Kier alpha value is -1.85. The van der Waals surface area contributed by atoms with Crippen LogP contribution in [-0.2, 0) is 29.1 Å². The Kier molecular flexibility index (Phi) is 6.78. The van der Waals surface area contributed by atoms with Crippen LogP contribution >= 0.6 is 22.9 Å². The van der Waals surface area contributed by atoms with Gasteiger partial charge in [-0.05, 0) is 36.1 Å². The second-order valence-corrected chi connectivity index (χ2v) is 9.47. The highest BCUT2D eigenvalue weighted by Gasteiger charge is 2.36. The van der Waals surface area contributed by atoms with Crippen molar-refractivity contribution >= 4 is 34.8 Å². The first kappa shape index (κ1) is 20.9. The Morgan fingerprint density at radius 3 is 2.54 bits per heavy atom. The van der Waals surface area contributed by atoms with Gasteiger partial charge in [-0.25, -0.2) is 0 Å². The number of carbonyl (C=O) groups excluding carboxylic acids is 2. The summed E-state index contributed by atoms with van der Waals surface area (Å²) < 4.78 is 0.721. The monoisotopic (exact) mass is 418 g/mol. The smallest absolute Gasteiger partial charge is 0.246 e. The number of hydrogen-bond acceptors (Lipinski definition) is 3. The van der Waals surface area contributed by atoms with E-state index < -0.39 is 6.04 Å². The molecule has 0 bridgehead atoms. The SMILES string of the molecule is CCN(Cc1ccc(Cl)s1)C(=O)C1Cc2ccccc2CN1C(=O)CC(C)C. The number of carbonyl (C=O) groups is 2. The summed E-state index contributed by atoms with van der Waals surface area (Å²) >= 11 is 7.54. The van der Waals surface area contributed by atoms with Gasteiger partial charge < -0.3 is 9.80 Å². The van der Waals surface area contributed by atoms with Gasteiger partial charge in [-0.3, -0.25) is 9.59 Å². The Morgan fingerprint density at radius 2 is 1.93 bits per heavy atom. The maximum Gasteiger partial charge on any atom is 0.246 e. The van der Waals surface area contributed by atoms with E-state index in [1.807, 2.05) is 49.9 Å². The number of hydrogen-bond donors (Lipinski definition) is 0. The lowest BCUT2D eigenvalue weighted by Crippen LogP contribution is -2.53. The molecule has 2 heterocycles. The van der Waals surface area contributed by atoms with Gasteiger partial charge in [0.25, 0.3) is 0 Å². The standard InChI is InChI=1S/C22H27ClN2O2S/c1-4-24(14-18-9-10-20(23)28-18)22(27)19-12-16-7-5-6-8-17(16)13-25(19)21(26)11-15(2)3/h5-10,15,19H,4,11-14H2,1-3H3. The van der Waals surface area contributed by atoms with Crippen molar-refractivity contribution in [3.8, 4) is 0 Å². The van der Waals surface area contributed by atoms with Crippen LogP contribution in [0.15, 0.2) is 36.4 Å². The van der Waals surface area contributed by atoms with Crippen molar-refractivity contribution < 1.29 is 9.59 Å². The van der Waals surface area contributed by atoms with Crippen LogP contribution < -0.4 is 0 Å². The lowest BCUT2D eigenvalue weighted by Gasteiger charge is -2.38. The molecule has 1 aromatic heterocycles. The normalized spacial score (nSPS) is 16.2. The van der Waals surface area contributed by atoms with Gasteiger partial charge in [0.1, 0.15) is 6.04 Å². The summed E-state index contributed by atoms with van der Waals surface area (Å²) in [5, 5.41) is 0. The molecule has 28 heavy (non-hydrogen) atoms. The number of amides is 2. The zero-order valence-corrected chi connectivity index (χ0v) is 18.2. The van der Waals surface area contributed by atoms with Crippen molar-refractivity contribution in [2.24, 2.45) is 5.92 Å². The number of benzene rings is 1. The summed E-state index contributed by atoms with van der Waals surface area (Å²) in [5.74, 6) is 0.327. The van der Waals surface area contributed by atoms with Crippen LogP contribution in [0.3, 0.4) is 0 Å². The molecule has 3 rings (SSSR count). The highest BCUT2D eigenvalue weighted by Crippen LogP contribution is 2.27. The van der Waals surface area contributed by atoms with Crippen molar-refractivity contribution in [2.45, 2.75) is 52.7 Å². The molecule has 2 aromatic rings. The molecule has 0 aliphatic carbocycles. The number of rotatable bonds is 6. The van der Waals surface area contributed by atoms with E-state index in [4.69, 9.17) is 11.6 Å². The predicted octanol–water partition coefficient (Wildman–Crippen LogP) is 4.75. The largest absolute Gasteiger partial charge is 0.336 e. The quantitative estimate of drug-likeness (QED) is 0.679. The Morgan fingerprint density at radius 1 is 1.21 bits per heavy atom. The van der Waals surface area contributed by atoms with Gasteiger partial charge in [-0.1, -0.05) is 49.7 Å². The van der Waals surface area contributed by atoms with E-state index in [1.165, 1.54) is 11.3 Å². The van der Waals surface area contributed by atoms with Crippen LogP contribution in [0.25, 0.3) is 0 Å². The van der Waals surface area contributed by atoms with Crippen LogP contribution in [0, 0.1) is 5.92 Å². The number of fused-ring (bicyclic) bond motifs is 1. The van der Waals surface area contributed by atoms with Gasteiger partial charge in [-0.15, -0.1) is 11.3 Å². The van der Waals surface area contributed by atoms with Crippen LogP contribution in [0.1, 0.15) is 43.2 Å². The molecule has 0 saturated carbocycles. The minimum atomic E-state index is -0.448. The van der Waals surface area contributed by atoms with Gasteiger partial charge in [-0.2, -0.15) is 0 Å². The molecule has 150 valence electrons. The molecule has 0 spiro atoms. The average molecular weight is 419 g/mol. The molecular formula is C22H27ClN2O2S. The first-order chi connectivity index (χ1) is 13.4. The highest BCUT2D eigenvalue weighted by atomic mass is 35.5. The predicted molar refractivity (Wildman–Crippen MR) is 114 cm³/mol.